The fourth-order valence-electron chi connectivity index (χ4n) is 3.31. The number of hydrogen-bond acceptors (Lipinski definition) is 4. The van der Waals surface area contributed by atoms with Crippen LogP contribution in [0.15, 0.2) is 30.9 Å². The zero-order valence-electron chi connectivity index (χ0n) is 14.7. The average Bonchev–Trinajstić information content (AvgIpc) is 3.27. The summed E-state index contributed by atoms with van der Waals surface area (Å²) in [7, 11) is 2.05. The van der Waals surface area contributed by atoms with Crippen molar-refractivity contribution in [2.75, 3.05) is 38.5 Å². The lowest BCUT2D eigenvalue weighted by Crippen LogP contribution is -2.28. The van der Waals surface area contributed by atoms with E-state index in [4.69, 9.17) is 4.74 Å². The fraction of sp³-hybridized carbons (Fsp3) is 0.474. The molecule has 0 unspecified atom stereocenters. The number of nitrogens with zero attached hydrogens (tertiary/aromatic N) is 2. The van der Waals surface area contributed by atoms with Gasteiger partial charge in [-0.2, -0.15) is 0 Å². The summed E-state index contributed by atoms with van der Waals surface area (Å²) in [5.74, 6) is 0.264. The predicted octanol–water partition coefficient (Wildman–Crippen LogP) is 2.13. The van der Waals surface area contributed by atoms with Gasteiger partial charge in [0.15, 0.2) is 0 Å². The van der Waals surface area contributed by atoms with Crippen molar-refractivity contribution < 1.29 is 14.3 Å². The normalized spacial score (nSPS) is 20.5. The molecule has 0 spiro atoms. The van der Waals surface area contributed by atoms with Gasteiger partial charge in [-0.25, -0.2) is 0 Å². The zero-order chi connectivity index (χ0) is 17.8. The number of nitrogens with one attached hydrogen (secondary N) is 1. The number of ether oxygens (including phenoxy) is 1. The minimum atomic E-state index is -0.299. The van der Waals surface area contributed by atoms with Crippen molar-refractivity contribution in [2.24, 2.45) is 0 Å². The van der Waals surface area contributed by atoms with Crippen molar-refractivity contribution in [3.63, 3.8) is 0 Å². The standard InChI is InChI=1S/C19H25N3O3/c1-3-18(23)20-16-7-6-14(19(24)22-9-4-5-10-22)12-17(16)25-15-8-11-21(2)13-15/h3,6-7,12,15H,1,4-5,8-11,13H2,2H3,(H,20,23)/t15-/m1/s1. The van der Waals surface area contributed by atoms with Gasteiger partial charge in [0.2, 0.25) is 5.91 Å². The molecule has 2 fully saturated rings. The molecular formula is C19H25N3O3. The summed E-state index contributed by atoms with van der Waals surface area (Å²) in [6.45, 7) is 6.89. The Morgan fingerprint density at radius 2 is 2.04 bits per heavy atom. The number of carbonyl (C=O) groups excluding carboxylic acids is 2. The third-order valence-corrected chi connectivity index (χ3v) is 4.71. The van der Waals surface area contributed by atoms with E-state index < -0.39 is 0 Å². The molecule has 1 aromatic carbocycles. The number of likely N-dealkylation sites (N-methyl/N-ethyl adjacent to an activating group) is 1. The number of rotatable bonds is 5. The molecule has 134 valence electrons. The van der Waals surface area contributed by atoms with E-state index in [1.807, 2.05) is 4.90 Å². The summed E-state index contributed by atoms with van der Waals surface area (Å²) in [4.78, 5) is 28.4. The average molecular weight is 343 g/mol. The van der Waals surface area contributed by atoms with Crippen molar-refractivity contribution in [3.8, 4) is 5.75 Å². The molecule has 1 N–H and O–H groups in total. The number of anilines is 1. The van der Waals surface area contributed by atoms with Crippen molar-refractivity contribution in [2.45, 2.75) is 25.4 Å². The monoisotopic (exact) mass is 343 g/mol. The van der Waals surface area contributed by atoms with Gasteiger partial charge in [-0.3, -0.25) is 9.59 Å². The SMILES string of the molecule is C=CC(=O)Nc1ccc(C(=O)N2CCCC2)cc1O[C@@H]1CCN(C)C1. The van der Waals surface area contributed by atoms with Crippen molar-refractivity contribution >= 4 is 17.5 Å². The molecule has 0 saturated carbocycles. The molecule has 25 heavy (non-hydrogen) atoms. The molecule has 2 saturated heterocycles. The van der Waals surface area contributed by atoms with Crippen LogP contribution in [0.25, 0.3) is 0 Å². The van der Waals surface area contributed by atoms with Gasteiger partial charge in [0.05, 0.1) is 5.69 Å². The van der Waals surface area contributed by atoms with Gasteiger partial charge in [0, 0.05) is 31.7 Å². The number of benzene rings is 1. The largest absolute Gasteiger partial charge is 0.487 e. The smallest absolute Gasteiger partial charge is 0.253 e. The second kappa shape index (κ2) is 7.70. The summed E-state index contributed by atoms with van der Waals surface area (Å²) in [6, 6.07) is 5.23. The molecule has 0 bridgehead atoms. The van der Waals surface area contributed by atoms with Crippen LogP contribution in [-0.4, -0.2) is 60.9 Å². The maximum Gasteiger partial charge on any atom is 0.253 e. The number of likely N-dealkylation sites (tertiary alicyclic amines) is 2. The lowest BCUT2D eigenvalue weighted by molar-refractivity contribution is -0.111. The Kier molecular flexibility index (Phi) is 5.38. The van der Waals surface area contributed by atoms with Crippen LogP contribution in [0.1, 0.15) is 29.6 Å². The highest BCUT2D eigenvalue weighted by molar-refractivity contribution is 6.01. The van der Waals surface area contributed by atoms with Crippen LogP contribution in [-0.2, 0) is 4.79 Å². The summed E-state index contributed by atoms with van der Waals surface area (Å²) in [5, 5.41) is 2.76. The highest BCUT2D eigenvalue weighted by Gasteiger charge is 2.24. The molecular weight excluding hydrogens is 318 g/mol. The van der Waals surface area contributed by atoms with E-state index in [2.05, 4.69) is 23.8 Å². The molecule has 3 rings (SSSR count). The molecule has 6 nitrogen and oxygen atoms in total. The van der Waals surface area contributed by atoms with E-state index in [0.717, 1.165) is 45.4 Å². The number of amides is 2. The molecule has 2 aliphatic rings. The summed E-state index contributed by atoms with van der Waals surface area (Å²) in [6.07, 6.45) is 4.31. The number of carbonyl (C=O) groups is 2. The van der Waals surface area contributed by atoms with Crippen LogP contribution in [0.4, 0.5) is 5.69 Å². The molecule has 2 aliphatic heterocycles. The minimum Gasteiger partial charge on any atom is -0.487 e. The molecule has 2 amide bonds. The van der Waals surface area contributed by atoms with Gasteiger partial charge in [-0.1, -0.05) is 6.58 Å². The third-order valence-electron chi connectivity index (χ3n) is 4.71. The van der Waals surface area contributed by atoms with E-state index in [9.17, 15) is 9.59 Å². The van der Waals surface area contributed by atoms with E-state index in [1.54, 1.807) is 18.2 Å². The first-order chi connectivity index (χ1) is 12.1. The Bertz CT molecular complexity index is 668. The van der Waals surface area contributed by atoms with Crippen LogP contribution >= 0.6 is 0 Å². The maximum absolute atomic E-state index is 12.6. The third kappa shape index (κ3) is 4.20. The Labute approximate surface area is 148 Å². The van der Waals surface area contributed by atoms with Crippen molar-refractivity contribution in [1.29, 1.82) is 0 Å². The highest BCUT2D eigenvalue weighted by Crippen LogP contribution is 2.29. The summed E-state index contributed by atoms with van der Waals surface area (Å²) < 4.78 is 6.11. The Morgan fingerprint density at radius 3 is 2.68 bits per heavy atom. The van der Waals surface area contributed by atoms with Crippen molar-refractivity contribution in [3.05, 3.63) is 36.4 Å². The van der Waals surface area contributed by atoms with E-state index >= 15 is 0 Å². The summed E-state index contributed by atoms with van der Waals surface area (Å²) in [5.41, 5.74) is 1.16. The minimum absolute atomic E-state index is 0.0208. The van der Waals surface area contributed by atoms with E-state index in [1.165, 1.54) is 6.08 Å². The Morgan fingerprint density at radius 1 is 1.28 bits per heavy atom. The Balaban J connectivity index is 1.83. The topological polar surface area (TPSA) is 61.9 Å². The molecule has 0 aliphatic carbocycles. The maximum atomic E-state index is 12.6. The lowest BCUT2D eigenvalue weighted by atomic mass is 10.1. The first kappa shape index (κ1) is 17.5. The second-order valence-electron chi connectivity index (χ2n) is 6.69. The van der Waals surface area contributed by atoms with E-state index in [-0.39, 0.29) is 17.9 Å². The van der Waals surface area contributed by atoms with Gasteiger partial charge in [-0.05, 0) is 50.6 Å². The van der Waals surface area contributed by atoms with Crippen LogP contribution in [0.2, 0.25) is 0 Å². The molecule has 0 radical (unpaired) electrons. The Hall–Kier alpha value is -2.34. The first-order valence-corrected chi connectivity index (χ1v) is 8.79. The van der Waals surface area contributed by atoms with Crippen LogP contribution in [0.3, 0.4) is 0 Å². The lowest BCUT2D eigenvalue weighted by Gasteiger charge is -2.20. The second-order valence-corrected chi connectivity index (χ2v) is 6.69. The van der Waals surface area contributed by atoms with Gasteiger partial charge in [-0.15, -0.1) is 0 Å². The first-order valence-electron chi connectivity index (χ1n) is 8.79. The summed E-state index contributed by atoms with van der Waals surface area (Å²) >= 11 is 0. The van der Waals surface area contributed by atoms with Crippen LogP contribution in [0.5, 0.6) is 5.75 Å². The fourth-order valence-corrected chi connectivity index (χ4v) is 3.31. The molecule has 1 aromatic rings. The van der Waals surface area contributed by atoms with Crippen LogP contribution < -0.4 is 10.1 Å². The van der Waals surface area contributed by atoms with Gasteiger partial charge in [0.25, 0.3) is 5.91 Å². The van der Waals surface area contributed by atoms with Gasteiger partial charge in [0.1, 0.15) is 11.9 Å². The molecule has 0 aromatic heterocycles. The van der Waals surface area contributed by atoms with Gasteiger partial charge < -0.3 is 19.9 Å². The highest BCUT2D eigenvalue weighted by atomic mass is 16.5. The molecule has 2 heterocycles. The number of hydrogen-bond donors (Lipinski definition) is 1. The molecule has 6 heteroatoms. The zero-order valence-corrected chi connectivity index (χ0v) is 14.7. The predicted molar refractivity (Wildman–Crippen MR) is 96.9 cm³/mol. The van der Waals surface area contributed by atoms with Crippen LogP contribution in [0, 0.1) is 0 Å². The van der Waals surface area contributed by atoms with Crippen molar-refractivity contribution in [1.82, 2.24) is 9.80 Å². The van der Waals surface area contributed by atoms with E-state index in [0.29, 0.717) is 17.0 Å². The molecule has 1 atom stereocenters. The van der Waals surface area contributed by atoms with Gasteiger partial charge >= 0.3 is 0 Å². The quantitative estimate of drug-likeness (QED) is 0.832.